The maximum Gasteiger partial charge on any atom is 0.126 e. The molecule has 0 aliphatic heterocycles. The third-order valence-electron chi connectivity index (χ3n) is 2.40. The molecule has 0 spiro atoms. The van der Waals surface area contributed by atoms with Crippen molar-refractivity contribution in [2.45, 2.75) is 13.8 Å². The SMILES string of the molecule is Cc1cc(-c2ccnnc2)c(C)cc1F. The van der Waals surface area contributed by atoms with Gasteiger partial charge in [-0.25, -0.2) is 4.39 Å². The molecule has 0 bridgehead atoms. The number of aryl methyl sites for hydroxylation is 2. The molecule has 0 aliphatic rings. The molecule has 0 fully saturated rings. The fourth-order valence-corrected chi connectivity index (χ4v) is 1.54. The molecule has 1 aromatic carbocycles. The Morgan fingerprint density at radius 3 is 2.53 bits per heavy atom. The predicted molar refractivity (Wildman–Crippen MR) is 56.9 cm³/mol. The summed E-state index contributed by atoms with van der Waals surface area (Å²) in [7, 11) is 0. The van der Waals surface area contributed by atoms with Gasteiger partial charge in [0.15, 0.2) is 0 Å². The Kier molecular flexibility index (Phi) is 2.46. The Balaban J connectivity index is 2.59. The lowest BCUT2D eigenvalue weighted by atomic mass is 10.00. The number of nitrogens with zero attached hydrogens (tertiary/aromatic N) is 2. The van der Waals surface area contributed by atoms with Gasteiger partial charge in [0.25, 0.3) is 0 Å². The lowest BCUT2D eigenvalue weighted by Gasteiger charge is -2.07. The minimum Gasteiger partial charge on any atom is -0.207 e. The van der Waals surface area contributed by atoms with Crippen LogP contribution in [0.15, 0.2) is 30.6 Å². The highest BCUT2D eigenvalue weighted by atomic mass is 19.1. The van der Waals surface area contributed by atoms with Crippen molar-refractivity contribution < 1.29 is 4.39 Å². The molecule has 76 valence electrons. The minimum atomic E-state index is -0.168. The summed E-state index contributed by atoms with van der Waals surface area (Å²) in [5.41, 5.74) is 3.52. The molecule has 0 radical (unpaired) electrons. The van der Waals surface area contributed by atoms with Crippen LogP contribution in [-0.2, 0) is 0 Å². The van der Waals surface area contributed by atoms with Crippen LogP contribution >= 0.6 is 0 Å². The number of benzene rings is 1. The van der Waals surface area contributed by atoms with Gasteiger partial charge in [-0.1, -0.05) is 0 Å². The van der Waals surface area contributed by atoms with Gasteiger partial charge in [0.05, 0.1) is 12.4 Å². The number of rotatable bonds is 1. The molecule has 3 heteroatoms. The second kappa shape index (κ2) is 3.77. The van der Waals surface area contributed by atoms with Crippen LogP contribution in [0.4, 0.5) is 4.39 Å². The van der Waals surface area contributed by atoms with Crippen LogP contribution in [0.1, 0.15) is 11.1 Å². The van der Waals surface area contributed by atoms with Gasteiger partial charge >= 0.3 is 0 Å². The Morgan fingerprint density at radius 1 is 1.07 bits per heavy atom. The van der Waals surface area contributed by atoms with Crippen molar-refractivity contribution in [3.8, 4) is 11.1 Å². The zero-order chi connectivity index (χ0) is 10.8. The Hall–Kier alpha value is -1.77. The topological polar surface area (TPSA) is 25.8 Å². The second-order valence-corrected chi connectivity index (χ2v) is 3.55. The highest BCUT2D eigenvalue weighted by molar-refractivity contribution is 5.66. The van der Waals surface area contributed by atoms with E-state index in [1.807, 2.05) is 19.1 Å². The molecule has 1 heterocycles. The molecular weight excluding hydrogens is 191 g/mol. The molecule has 2 nitrogen and oxygen atoms in total. The Bertz CT molecular complexity index is 480. The van der Waals surface area contributed by atoms with Crippen LogP contribution in [0.25, 0.3) is 11.1 Å². The van der Waals surface area contributed by atoms with E-state index >= 15 is 0 Å². The predicted octanol–water partition coefficient (Wildman–Crippen LogP) is 2.90. The fourth-order valence-electron chi connectivity index (χ4n) is 1.54. The van der Waals surface area contributed by atoms with Crippen LogP contribution in [-0.4, -0.2) is 10.2 Å². The smallest absolute Gasteiger partial charge is 0.126 e. The van der Waals surface area contributed by atoms with Gasteiger partial charge in [0.2, 0.25) is 0 Å². The summed E-state index contributed by atoms with van der Waals surface area (Å²) in [6.07, 6.45) is 3.31. The zero-order valence-corrected chi connectivity index (χ0v) is 8.66. The monoisotopic (exact) mass is 202 g/mol. The molecule has 0 atom stereocenters. The first-order chi connectivity index (χ1) is 7.18. The van der Waals surface area contributed by atoms with Crippen LogP contribution in [0.3, 0.4) is 0 Å². The molecule has 15 heavy (non-hydrogen) atoms. The van der Waals surface area contributed by atoms with Crippen molar-refractivity contribution in [3.05, 3.63) is 47.5 Å². The van der Waals surface area contributed by atoms with Gasteiger partial charge in [-0.3, -0.25) is 0 Å². The van der Waals surface area contributed by atoms with Crippen LogP contribution in [0, 0.1) is 19.7 Å². The second-order valence-electron chi connectivity index (χ2n) is 3.55. The summed E-state index contributed by atoms with van der Waals surface area (Å²) in [4.78, 5) is 0. The molecule has 2 rings (SSSR count). The number of hydrogen-bond acceptors (Lipinski definition) is 2. The molecule has 2 aromatic rings. The van der Waals surface area contributed by atoms with Crippen molar-refractivity contribution in [3.63, 3.8) is 0 Å². The average Bonchev–Trinajstić information content (AvgIpc) is 2.25. The summed E-state index contributed by atoms with van der Waals surface area (Å²) in [5, 5.41) is 7.53. The van der Waals surface area contributed by atoms with Crippen molar-refractivity contribution in [1.82, 2.24) is 10.2 Å². The molecule has 0 unspecified atom stereocenters. The molecule has 1 aromatic heterocycles. The van der Waals surface area contributed by atoms with E-state index < -0.39 is 0 Å². The number of aromatic nitrogens is 2. The molecular formula is C12H11FN2. The van der Waals surface area contributed by atoms with E-state index in [0.717, 1.165) is 16.7 Å². The first-order valence-electron chi connectivity index (χ1n) is 4.72. The molecule has 0 aliphatic carbocycles. The van der Waals surface area contributed by atoms with Gasteiger partial charge < -0.3 is 0 Å². The van der Waals surface area contributed by atoms with Gasteiger partial charge in [-0.2, -0.15) is 10.2 Å². The van der Waals surface area contributed by atoms with Gasteiger partial charge in [0, 0.05) is 5.56 Å². The van der Waals surface area contributed by atoms with E-state index in [2.05, 4.69) is 10.2 Å². The maximum atomic E-state index is 13.2. The van der Waals surface area contributed by atoms with Crippen molar-refractivity contribution in [1.29, 1.82) is 0 Å². The molecule has 0 amide bonds. The number of halogens is 1. The van der Waals surface area contributed by atoms with Crippen molar-refractivity contribution in [2.24, 2.45) is 0 Å². The van der Waals surface area contributed by atoms with E-state index in [-0.39, 0.29) is 5.82 Å². The standard InChI is InChI=1S/C12H11FN2/c1-8-6-12(13)9(2)5-11(8)10-3-4-14-15-7-10/h3-7H,1-2H3. The minimum absolute atomic E-state index is 0.168. The fraction of sp³-hybridized carbons (Fsp3) is 0.167. The van der Waals surface area contributed by atoms with Gasteiger partial charge in [-0.05, 0) is 48.7 Å². The average molecular weight is 202 g/mol. The molecule has 0 N–H and O–H groups in total. The normalized spacial score (nSPS) is 10.3. The van der Waals surface area contributed by atoms with Crippen molar-refractivity contribution in [2.75, 3.05) is 0 Å². The van der Waals surface area contributed by atoms with Gasteiger partial charge in [-0.15, -0.1) is 0 Å². The highest BCUT2D eigenvalue weighted by Gasteiger charge is 2.06. The Labute approximate surface area is 87.8 Å². The zero-order valence-electron chi connectivity index (χ0n) is 8.66. The van der Waals surface area contributed by atoms with Crippen molar-refractivity contribution >= 4 is 0 Å². The van der Waals surface area contributed by atoms with E-state index in [0.29, 0.717) is 5.56 Å². The maximum absolute atomic E-state index is 13.2. The Morgan fingerprint density at radius 2 is 1.87 bits per heavy atom. The first-order valence-corrected chi connectivity index (χ1v) is 4.72. The summed E-state index contributed by atoms with van der Waals surface area (Å²) < 4.78 is 13.2. The third kappa shape index (κ3) is 1.86. The highest BCUT2D eigenvalue weighted by Crippen LogP contribution is 2.24. The van der Waals surface area contributed by atoms with E-state index in [1.165, 1.54) is 0 Å². The van der Waals surface area contributed by atoms with Gasteiger partial charge in [0.1, 0.15) is 5.82 Å². The van der Waals surface area contributed by atoms with E-state index in [4.69, 9.17) is 0 Å². The van der Waals surface area contributed by atoms with Crippen LogP contribution in [0.2, 0.25) is 0 Å². The molecule has 0 saturated carbocycles. The lowest BCUT2D eigenvalue weighted by molar-refractivity contribution is 0.617. The van der Waals surface area contributed by atoms with Crippen LogP contribution < -0.4 is 0 Å². The third-order valence-corrected chi connectivity index (χ3v) is 2.40. The van der Waals surface area contributed by atoms with Crippen LogP contribution in [0.5, 0.6) is 0 Å². The quantitative estimate of drug-likeness (QED) is 0.710. The van der Waals surface area contributed by atoms with E-state index in [9.17, 15) is 4.39 Å². The largest absolute Gasteiger partial charge is 0.207 e. The molecule has 0 saturated heterocycles. The summed E-state index contributed by atoms with van der Waals surface area (Å²) >= 11 is 0. The lowest BCUT2D eigenvalue weighted by Crippen LogP contribution is -1.90. The summed E-state index contributed by atoms with van der Waals surface area (Å²) in [6, 6.07) is 5.25. The number of hydrogen-bond donors (Lipinski definition) is 0. The first kappa shape index (κ1) is 9.77. The summed E-state index contributed by atoms with van der Waals surface area (Å²) in [6.45, 7) is 3.64. The summed E-state index contributed by atoms with van der Waals surface area (Å²) in [5.74, 6) is -0.168. The van der Waals surface area contributed by atoms with E-state index in [1.54, 1.807) is 25.4 Å².